The number of ether oxygens (including phenoxy) is 2. The van der Waals surface area contributed by atoms with Crippen molar-refractivity contribution in [3.8, 4) is 0 Å². The molecule has 2 saturated carbocycles. The lowest BCUT2D eigenvalue weighted by Crippen LogP contribution is -2.31. The van der Waals surface area contributed by atoms with Crippen LogP contribution in [0.3, 0.4) is 0 Å². The third-order valence-corrected chi connectivity index (χ3v) is 8.22. The predicted octanol–water partition coefficient (Wildman–Crippen LogP) is 6.95. The van der Waals surface area contributed by atoms with Crippen LogP contribution >= 0.6 is 0 Å². The molecule has 0 amide bonds. The Kier molecular flexibility index (Phi) is 13.5. The molecule has 0 aromatic heterocycles. The summed E-state index contributed by atoms with van der Waals surface area (Å²) in [5.74, 6) is 1.50. The van der Waals surface area contributed by atoms with E-state index in [1.807, 2.05) is 0 Å². The Balaban J connectivity index is 1.81. The minimum Gasteiger partial charge on any atom is -0.462 e. The van der Waals surface area contributed by atoms with Crippen LogP contribution in [0.15, 0.2) is 36.5 Å². The van der Waals surface area contributed by atoms with E-state index in [0.717, 1.165) is 37.5 Å². The maximum absolute atomic E-state index is 12.2. The molecule has 0 aliphatic heterocycles. The second-order valence-corrected chi connectivity index (χ2v) is 11.3. The van der Waals surface area contributed by atoms with E-state index in [-0.39, 0.29) is 24.7 Å². The summed E-state index contributed by atoms with van der Waals surface area (Å²) in [6, 6.07) is 0. The molecular formula is C31H50O5. The minimum atomic E-state index is -0.949. The molecule has 5 nitrogen and oxygen atoms in total. The molecule has 0 aromatic rings. The summed E-state index contributed by atoms with van der Waals surface area (Å²) in [4.78, 5) is 24.1. The maximum Gasteiger partial charge on any atom is 0.336 e. The van der Waals surface area contributed by atoms with Gasteiger partial charge < -0.3 is 14.6 Å². The summed E-state index contributed by atoms with van der Waals surface area (Å²) in [7, 11) is 0. The number of aliphatic hydroxyl groups excluding tert-OH is 1. The molecule has 2 unspecified atom stereocenters. The van der Waals surface area contributed by atoms with Gasteiger partial charge in [0.15, 0.2) is 0 Å². The Morgan fingerprint density at radius 3 is 1.92 bits per heavy atom. The quantitative estimate of drug-likeness (QED) is 0.120. The summed E-state index contributed by atoms with van der Waals surface area (Å²) in [6.45, 7) is 13.0. The molecule has 36 heavy (non-hydrogen) atoms. The molecule has 0 bridgehead atoms. The van der Waals surface area contributed by atoms with E-state index in [4.69, 9.17) is 9.47 Å². The Morgan fingerprint density at radius 2 is 1.42 bits per heavy atom. The third kappa shape index (κ3) is 10.6. The summed E-state index contributed by atoms with van der Waals surface area (Å²) >= 11 is 0. The number of carbonyl (C=O) groups is 2. The standard InChI is InChI=1S/C31H50O5/c1-6-7-8-9-25-10-12-26(13-11-25)14-15-27-16-18-28(19-17-27)29(20-35-30(33)22(2)3)21-36-31(34)23(4)24(5)32/h14-15,24-29,32H,2,4,6-13,16-21H2,1,3,5H3/b15-14+. The zero-order valence-electron chi connectivity index (χ0n) is 23.0. The molecule has 0 spiro atoms. The summed E-state index contributed by atoms with van der Waals surface area (Å²) in [5, 5.41) is 9.59. The first-order valence-electron chi connectivity index (χ1n) is 14.3. The van der Waals surface area contributed by atoms with Crippen LogP contribution in [-0.4, -0.2) is 36.4 Å². The summed E-state index contributed by atoms with van der Waals surface area (Å²) in [5.41, 5.74) is 0.397. The fourth-order valence-corrected chi connectivity index (χ4v) is 5.55. The zero-order chi connectivity index (χ0) is 26.5. The number of hydrogen-bond donors (Lipinski definition) is 1. The van der Waals surface area contributed by atoms with Crippen molar-refractivity contribution < 1.29 is 24.2 Å². The van der Waals surface area contributed by atoms with Crippen molar-refractivity contribution in [3.05, 3.63) is 36.5 Å². The van der Waals surface area contributed by atoms with Gasteiger partial charge in [0.1, 0.15) is 0 Å². The van der Waals surface area contributed by atoms with Crippen LogP contribution < -0.4 is 0 Å². The van der Waals surface area contributed by atoms with Crippen LogP contribution in [0, 0.1) is 29.6 Å². The monoisotopic (exact) mass is 502 g/mol. The molecule has 2 aliphatic rings. The molecule has 0 radical (unpaired) electrons. The molecular weight excluding hydrogens is 452 g/mol. The fraction of sp³-hybridized carbons (Fsp3) is 0.742. The lowest BCUT2D eigenvalue weighted by molar-refractivity contribution is -0.146. The first-order valence-corrected chi connectivity index (χ1v) is 14.3. The van der Waals surface area contributed by atoms with E-state index in [2.05, 4.69) is 32.2 Å². The van der Waals surface area contributed by atoms with Gasteiger partial charge in [-0.2, -0.15) is 0 Å². The van der Waals surface area contributed by atoms with Crippen molar-refractivity contribution in [1.29, 1.82) is 0 Å². The van der Waals surface area contributed by atoms with Crippen molar-refractivity contribution in [2.75, 3.05) is 13.2 Å². The molecule has 5 heteroatoms. The van der Waals surface area contributed by atoms with Crippen molar-refractivity contribution in [2.24, 2.45) is 29.6 Å². The Labute approximate surface area is 219 Å². The molecule has 0 heterocycles. The SMILES string of the molecule is C=C(C)C(=O)OCC(COC(=O)C(=C)C(C)O)C1CCC(/C=C/C2CCC(CCCCC)CC2)CC1. The second-order valence-electron chi connectivity index (χ2n) is 11.3. The third-order valence-electron chi connectivity index (χ3n) is 8.22. The zero-order valence-corrected chi connectivity index (χ0v) is 23.0. The van der Waals surface area contributed by atoms with E-state index >= 15 is 0 Å². The molecule has 1 N–H and O–H groups in total. The first-order chi connectivity index (χ1) is 17.2. The van der Waals surface area contributed by atoms with E-state index in [1.54, 1.807) is 6.92 Å². The number of carbonyl (C=O) groups excluding carboxylic acids is 2. The molecule has 2 fully saturated rings. The highest BCUT2D eigenvalue weighted by atomic mass is 16.5. The minimum absolute atomic E-state index is 0.0384. The largest absolute Gasteiger partial charge is 0.462 e. The van der Waals surface area contributed by atoms with Gasteiger partial charge in [-0.25, -0.2) is 9.59 Å². The molecule has 2 rings (SSSR count). The van der Waals surface area contributed by atoms with Crippen LogP contribution in [0.25, 0.3) is 0 Å². The van der Waals surface area contributed by atoms with Crippen LogP contribution in [-0.2, 0) is 19.1 Å². The van der Waals surface area contributed by atoms with Crippen LogP contribution in [0.2, 0.25) is 0 Å². The Morgan fingerprint density at radius 1 is 0.889 bits per heavy atom. The lowest BCUT2D eigenvalue weighted by Gasteiger charge is -2.33. The topological polar surface area (TPSA) is 72.8 Å². The second kappa shape index (κ2) is 16.1. The van der Waals surface area contributed by atoms with E-state index in [0.29, 0.717) is 17.4 Å². The Hall–Kier alpha value is -1.88. The van der Waals surface area contributed by atoms with Gasteiger partial charge in [-0.1, -0.05) is 57.9 Å². The van der Waals surface area contributed by atoms with Crippen molar-refractivity contribution >= 4 is 11.9 Å². The number of hydrogen-bond acceptors (Lipinski definition) is 5. The molecule has 204 valence electrons. The number of unbranched alkanes of at least 4 members (excludes halogenated alkanes) is 2. The maximum atomic E-state index is 12.2. The van der Waals surface area contributed by atoms with Crippen LogP contribution in [0.4, 0.5) is 0 Å². The van der Waals surface area contributed by atoms with Crippen molar-refractivity contribution in [2.45, 2.75) is 104 Å². The predicted molar refractivity (Wildman–Crippen MR) is 145 cm³/mol. The highest BCUT2D eigenvalue weighted by molar-refractivity contribution is 5.88. The Bertz CT molecular complexity index is 736. The van der Waals surface area contributed by atoms with Gasteiger partial charge in [-0.15, -0.1) is 0 Å². The summed E-state index contributed by atoms with van der Waals surface area (Å²) < 4.78 is 10.9. The highest BCUT2D eigenvalue weighted by Gasteiger charge is 2.30. The fourth-order valence-electron chi connectivity index (χ4n) is 5.55. The summed E-state index contributed by atoms with van der Waals surface area (Å²) in [6.07, 6.45) is 19.2. The van der Waals surface area contributed by atoms with Gasteiger partial charge >= 0.3 is 11.9 Å². The average molecular weight is 503 g/mol. The lowest BCUT2D eigenvalue weighted by atomic mass is 9.75. The molecule has 2 atom stereocenters. The van der Waals surface area contributed by atoms with E-state index < -0.39 is 18.0 Å². The number of rotatable bonds is 14. The number of esters is 2. The first kappa shape index (κ1) is 30.3. The van der Waals surface area contributed by atoms with Gasteiger partial charge in [0, 0.05) is 11.5 Å². The van der Waals surface area contributed by atoms with Crippen LogP contribution in [0.5, 0.6) is 0 Å². The van der Waals surface area contributed by atoms with Gasteiger partial charge in [0.05, 0.1) is 24.9 Å². The van der Waals surface area contributed by atoms with Gasteiger partial charge in [0.2, 0.25) is 0 Å². The number of aliphatic hydroxyl groups is 1. The van der Waals surface area contributed by atoms with Gasteiger partial charge in [0.25, 0.3) is 0 Å². The molecule has 0 saturated heterocycles. The molecule has 0 aromatic carbocycles. The van der Waals surface area contributed by atoms with Crippen molar-refractivity contribution in [1.82, 2.24) is 0 Å². The number of allylic oxidation sites excluding steroid dienone is 2. The van der Waals surface area contributed by atoms with Gasteiger partial charge in [-0.05, 0) is 88.9 Å². The van der Waals surface area contributed by atoms with Crippen LogP contribution in [0.1, 0.15) is 97.8 Å². The molecule has 2 aliphatic carbocycles. The van der Waals surface area contributed by atoms with Gasteiger partial charge in [-0.3, -0.25) is 0 Å². The van der Waals surface area contributed by atoms with Crippen molar-refractivity contribution in [3.63, 3.8) is 0 Å². The smallest absolute Gasteiger partial charge is 0.336 e. The highest BCUT2D eigenvalue weighted by Crippen LogP contribution is 2.37. The van der Waals surface area contributed by atoms with E-state index in [1.165, 1.54) is 58.3 Å². The van der Waals surface area contributed by atoms with E-state index in [9.17, 15) is 14.7 Å². The normalized spacial score (nSPS) is 26.2. The average Bonchev–Trinajstić information content (AvgIpc) is 2.87.